The predicted molar refractivity (Wildman–Crippen MR) is 76.9 cm³/mol. The quantitative estimate of drug-likeness (QED) is 0.592. The normalized spacial score (nSPS) is 11.3. The molecule has 0 unspecified atom stereocenters. The molecule has 0 radical (unpaired) electrons. The molecule has 0 aliphatic heterocycles. The molecule has 0 heterocycles. The molecule has 20 heavy (non-hydrogen) atoms. The summed E-state index contributed by atoms with van der Waals surface area (Å²) < 4.78 is 40.6. The molecule has 112 valence electrons. The van der Waals surface area contributed by atoms with E-state index in [9.17, 15) is 13.2 Å². The number of nitrogens with zero attached hydrogens (tertiary/aromatic N) is 1. The average molecular weight is 306 g/mol. The van der Waals surface area contributed by atoms with Gasteiger partial charge in [0.05, 0.1) is 11.6 Å². The summed E-state index contributed by atoms with van der Waals surface area (Å²) in [6.07, 6.45) is -3.79. The van der Waals surface area contributed by atoms with Gasteiger partial charge in [0.15, 0.2) is 0 Å². The fraction of sp³-hybridized carbons (Fsp3) is 0.462. The van der Waals surface area contributed by atoms with Gasteiger partial charge in [0.1, 0.15) is 6.61 Å². The third-order valence-electron chi connectivity index (χ3n) is 2.52. The highest BCUT2D eigenvalue weighted by atomic mass is 32.1. The Morgan fingerprint density at radius 3 is 2.40 bits per heavy atom. The van der Waals surface area contributed by atoms with Gasteiger partial charge in [-0.15, -0.1) is 0 Å². The molecular formula is C13H17F3N2OS. The number of rotatable bonds is 8. The zero-order chi connectivity index (χ0) is 15.0. The number of halogens is 3. The number of nitrogens with two attached hydrogens (primary N) is 1. The molecule has 0 fully saturated rings. The first-order chi connectivity index (χ1) is 9.38. The van der Waals surface area contributed by atoms with Gasteiger partial charge in [-0.2, -0.15) is 13.2 Å². The largest absolute Gasteiger partial charge is 0.411 e. The first-order valence-electron chi connectivity index (χ1n) is 6.11. The zero-order valence-corrected chi connectivity index (χ0v) is 11.7. The van der Waals surface area contributed by atoms with Crippen molar-refractivity contribution in [3.05, 3.63) is 30.3 Å². The van der Waals surface area contributed by atoms with E-state index in [0.29, 0.717) is 24.5 Å². The Balaban J connectivity index is 2.49. The predicted octanol–water partition coefficient (Wildman–Crippen LogP) is 2.75. The van der Waals surface area contributed by atoms with E-state index < -0.39 is 12.8 Å². The molecule has 0 spiro atoms. The van der Waals surface area contributed by atoms with Gasteiger partial charge in [-0.25, -0.2) is 0 Å². The van der Waals surface area contributed by atoms with Crippen LogP contribution in [-0.2, 0) is 4.74 Å². The Kier molecular flexibility index (Phi) is 6.74. The molecule has 7 heteroatoms. The van der Waals surface area contributed by atoms with Gasteiger partial charge in [0, 0.05) is 25.2 Å². The second kappa shape index (κ2) is 8.06. The van der Waals surface area contributed by atoms with Crippen molar-refractivity contribution in [1.82, 2.24) is 0 Å². The van der Waals surface area contributed by atoms with Crippen molar-refractivity contribution < 1.29 is 17.9 Å². The third-order valence-corrected chi connectivity index (χ3v) is 2.72. The summed E-state index contributed by atoms with van der Waals surface area (Å²) in [7, 11) is 0. The minimum absolute atomic E-state index is 0.00820. The molecule has 0 amide bonds. The maximum absolute atomic E-state index is 12.0. The molecule has 0 aliphatic rings. The van der Waals surface area contributed by atoms with Gasteiger partial charge >= 0.3 is 6.18 Å². The monoisotopic (exact) mass is 306 g/mol. The van der Waals surface area contributed by atoms with E-state index >= 15 is 0 Å². The summed E-state index contributed by atoms with van der Waals surface area (Å²) >= 11 is 4.82. The molecule has 1 aromatic rings. The lowest BCUT2D eigenvalue weighted by Crippen LogP contribution is -2.31. The lowest BCUT2D eigenvalue weighted by Gasteiger charge is -2.24. The Morgan fingerprint density at radius 1 is 1.20 bits per heavy atom. The van der Waals surface area contributed by atoms with E-state index in [4.69, 9.17) is 18.0 Å². The van der Waals surface area contributed by atoms with Crippen molar-refractivity contribution in [2.75, 3.05) is 31.2 Å². The van der Waals surface area contributed by atoms with Crippen molar-refractivity contribution in [1.29, 1.82) is 0 Å². The van der Waals surface area contributed by atoms with E-state index in [0.717, 1.165) is 5.69 Å². The lowest BCUT2D eigenvalue weighted by molar-refractivity contribution is -0.173. The van der Waals surface area contributed by atoms with Gasteiger partial charge in [-0.3, -0.25) is 0 Å². The van der Waals surface area contributed by atoms with Crippen molar-refractivity contribution in [3.8, 4) is 0 Å². The van der Waals surface area contributed by atoms with Gasteiger partial charge in [-0.05, 0) is 12.1 Å². The molecule has 1 rings (SSSR count). The van der Waals surface area contributed by atoms with Crippen molar-refractivity contribution in [2.45, 2.75) is 12.6 Å². The topological polar surface area (TPSA) is 38.5 Å². The number of alkyl halides is 3. The summed E-state index contributed by atoms with van der Waals surface area (Å²) in [5, 5.41) is 0. The van der Waals surface area contributed by atoms with Crippen LogP contribution in [0.4, 0.5) is 18.9 Å². The van der Waals surface area contributed by atoms with E-state index in [1.807, 2.05) is 35.2 Å². The third kappa shape index (κ3) is 7.30. The lowest BCUT2D eigenvalue weighted by atomic mass is 10.2. The van der Waals surface area contributed by atoms with Crippen LogP contribution < -0.4 is 10.6 Å². The first kappa shape index (κ1) is 16.7. The second-order valence-corrected chi connectivity index (χ2v) is 4.73. The molecule has 0 aliphatic carbocycles. The van der Waals surface area contributed by atoms with E-state index in [2.05, 4.69) is 4.74 Å². The number of hydrogen-bond acceptors (Lipinski definition) is 3. The summed E-state index contributed by atoms with van der Waals surface area (Å²) in [5.41, 5.74) is 6.36. The van der Waals surface area contributed by atoms with Gasteiger partial charge in [-0.1, -0.05) is 30.4 Å². The van der Waals surface area contributed by atoms with Crippen LogP contribution in [0.2, 0.25) is 0 Å². The van der Waals surface area contributed by atoms with Crippen LogP contribution in [0.1, 0.15) is 6.42 Å². The molecule has 0 atom stereocenters. The molecule has 0 saturated heterocycles. The number of anilines is 1. The minimum Gasteiger partial charge on any atom is -0.393 e. The van der Waals surface area contributed by atoms with Crippen LogP contribution in [0.15, 0.2) is 30.3 Å². The van der Waals surface area contributed by atoms with E-state index in [1.54, 1.807) is 0 Å². The van der Waals surface area contributed by atoms with Gasteiger partial charge in [0.25, 0.3) is 0 Å². The van der Waals surface area contributed by atoms with Crippen molar-refractivity contribution in [3.63, 3.8) is 0 Å². The van der Waals surface area contributed by atoms with E-state index in [1.165, 1.54) is 0 Å². The van der Waals surface area contributed by atoms with Crippen LogP contribution in [-0.4, -0.2) is 37.5 Å². The Hall–Kier alpha value is -1.34. The second-order valence-electron chi connectivity index (χ2n) is 4.21. The summed E-state index contributed by atoms with van der Waals surface area (Å²) in [4.78, 5) is 2.28. The number of benzene rings is 1. The summed E-state index contributed by atoms with van der Waals surface area (Å²) in [6.45, 7) is -0.339. The standard InChI is InChI=1S/C13H17F3N2OS/c14-13(15,16)10-19-9-8-18(7-6-12(17)20)11-4-2-1-3-5-11/h1-5H,6-10H2,(H2,17,20). The fourth-order valence-electron chi connectivity index (χ4n) is 1.62. The Morgan fingerprint density at radius 2 is 1.85 bits per heavy atom. The Bertz CT molecular complexity index is 412. The van der Waals surface area contributed by atoms with Crippen LogP contribution in [0, 0.1) is 0 Å². The Labute approximate surface area is 121 Å². The SMILES string of the molecule is NC(=S)CCN(CCOCC(F)(F)F)c1ccccc1. The smallest absolute Gasteiger partial charge is 0.393 e. The van der Waals surface area contributed by atoms with Crippen LogP contribution in [0.3, 0.4) is 0 Å². The van der Waals surface area contributed by atoms with Crippen LogP contribution in [0.25, 0.3) is 0 Å². The van der Waals surface area contributed by atoms with Crippen LogP contribution in [0.5, 0.6) is 0 Å². The zero-order valence-electron chi connectivity index (χ0n) is 10.9. The maximum atomic E-state index is 12.0. The number of ether oxygens (including phenoxy) is 1. The average Bonchev–Trinajstić information content (AvgIpc) is 2.37. The highest BCUT2D eigenvalue weighted by Gasteiger charge is 2.27. The van der Waals surface area contributed by atoms with Crippen molar-refractivity contribution in [2.24, 2.45) is 5.73 Å². The first-order valence-corrected chi connectivity index (χ1v) is 6.52. The van der Waals surface area contributed by atoms with Gasteiger partial charge in [0.2, 0.25) is 0 Å². The van der Waals surface area contributed by atoms with E-state index in [-0.39, 0.29) is 6.61 Å². The number of hydrogen-bond donors (Lipinski definition) is 1. The molecule has 2 N–H and O–H groups in total. The number of thiocarbonyl (C=S) groups is 1. The summed E-state index contributed by atoms with van der Waals surface area (Å²) in [5.74, 6) is 0. The highest BCUT2D eigenvalue weighted by Crippen LogP contribution is 2.16. The fourth-order valence-corrected chi connectivity index (χ4v) is 1.71. The van der Waals surface area contributed by atoms with Crippen LogP contribution >= 0.6 is 12.2 Å². The minimum atomic E-state index is -4.30. The maximum Gasteiger partial charge on any atom is 0.411 e. The van der Waals surface area contributed by atoms with Crippen molar-refractivity contribution >= 4 is 22.9 Å². The molecule has 0 bridgehead atoms. The summed E-state index contributed by atoms with van der Waals surface area (Å²) in [6, 6.07) is 9.35. The molecule has 3 nitrogen and oxygen atoms in total. The molecular weight excluding hydrogens is 289 g/mol. The molecule has 0 aromatic heterocycles. The van der Waals surface area contributed by atoms with Gasteiger partial charge < -0.3 is 15.4 Å². The highest BCUT2D eigenvalue weighted by molar-refractivity contribution is 7.80. The molecule has 1 aromatic carbocycles. The molecule has 0 saturated carbocycles. The number of para-hydroxylation sites is 1.